The maximum absolute atomic E-state index is 9.91. The van der Waals surface area contributed by atoms with Crippen LogP contribution in [0.3, 0.4) is 0 Å². The normalized spacial score (nSPS) is 11.4. The van der Waals surface area contributed by atoms with Gasteiger partial charge in [-0.05, 0) is 67.3 Å². The van der Waals surface area contributed by atoms with E-state index < -0.39 is 0 Å². The Kier molecular flexibility index (Phi) is 3.24. The van der Waals surface area contributed by atoms with Gasteiger partial charge in [-0.25, -0.2) is 0 Å². The van der Waals surface area contributed by atoms with Crippen LogP contribution in [0.4, 0.5) is 0 Å². The van der Waals surface area contributed by atoms with Gasteiger partial charge >= 0.3 is 0 Å². The molecule has 0 fully saturated rings. The second-order valence-electron chi connectivity index (χ2n) is 5.07. The maximum Gasteiger partial charge on any atom is 0.143 e. The molecule has 0 spiro atoms. The highest BCUT2D eigenvalue weighted by molar-refractivity contribution is 9.11. The molecule has 22 heavy (non-hydrogen) atoms. The van der Waals surface area contributed by atoms with Crippen LogP contribution in [0.15, 0.2) is 68.0 Å². The zero-order valence-corrected chi connectivity index (χ0v) is 14.5. The van der Waals surface area contributed by atoms with Crippen molar-refractivity contribution in [2.24, 2.45) is 0 Å². The Morgan fingerprint density at radius 1 is 0.818 bits per heavy atom. The second-order valence-corrected chi connectivity index (χ2v) is 6.77. The summed E-state index contributed by atoms with van der Waals surface area (Å²) in [5.74, 6) is 0.202. The van der Waals surface area contributed by atoms with E-state index in [1.165, 1.54) is 0 Å². The van der Waals surface area contributed by atoms with Crippen LogP contribution in [0.5, 0.6) is 5.75 Å². The van der Waals surface area contributed by atoms with Gasteiger partial charge in [0, 0.05) is 10.8 Å². The van der Waals surface area contributed by atoms with Crippen LogP contribution in [0, 0.1) is 0 Å². The van der Waals surface area contributed by atoms with Crippen molar-refractivity contribution >= 4 is 53.8 Å². The van der Waals surface area contributed by atoms with Crippen LogP contribution in [-0.2, 0) is 0 Å². The molecule has 0 unspecified atom stereocenters. The Morgan fingerprint density at radius 2 is 1.50 bits per heavy atom. The summed E-state index contributed by atoms with van der Waals surface area (Å²) < 4.78 is 7.23. The molecule has 1 heterocycles. The first-order valence-corrected chi connectivity index (χ1v) is 8.32. The lowest BCUT2D eigenvalue weighted by Gasteiger charge is -2.07. The van der Waals surface area contributed by atoms with Crippen LogP contribution in [0.25, 0.3) is 33.1 Å². The van der Waals surface area contributed by atoms with Crippen molar-refractivity contribution in [2.45, 2.75) is 0 Å². The smallest absolute Gasteiger partial charge is 0.143 e. The Labute approximate surface area is 143 Å². The zero-order valence-electron chi connectivity index (χ0n) is 11.3. The molecule has 1 aromatic heterocycles. The third kappa shape index (κ3) is 2.06. The molecule has 4 rings (SSSR count). The molecular formula is C18H10Br2O2. The Morgan fingerprint density at radius 3 is 2.27 bits per heavy atom. The maximum atomic E-state index is 9.91. The fourth-order valence-corrected chi connectivity index (χ4v) is 3.92. The molecule has 0 saturated carbocycles. The lowest BCUT2D eigenvalue weighted by atomic mass is 9.99. The van der Waals surface area contributed by atoms with E-state index in [1.54, 1.807) is 0 Å². The first-order chi connectivity index (χ1) is 10.6. The number of para-hydroxylation sites is 1. The van der Waals surface area contributed by atoms with Gasteiger partial charge in [-0.1, -0.05) is 30.3 Å². The molecule has 3 aromatic carbocycles. The highest BCUT2D eigenvalue weighted by atomic mass is 79.9. The Balaban J connectivity index is 2.11. The predicted octanol–water partition coefficient (Wildman–Crippen LogP) is 6.48. The second kappa shape index (κ2) is 5.14. The fraction of sp³-hybridized carbons (Fsp3) is 0. The van der Waals surface area contributed by atoms with Gasteiger partial charge in [0.2, 0.25) is 0 Å². The van der Waals surface area contributed by atoms with Gasteiger partial charge in [-0.15, -0.1) is 0 Å². The minimum atomic E-state index is 0.202. The largest absolute Gasteiger partial charge is 0.506 e. The number of furan rings is 1. The summed E-state index contributed by atoms with van der Waals surface area (Å²) in [5, 5.41) is 12.1. The average Bonchev–Trinajstić information content (AvgIpc) is 2.90. The molecule has 0 saturated heterocycles. The van der Waals surface area contributed by atoms with Gasteiger partial charge in [-0.3, -0.25) is 0 Å². The number of hydrogen-bond acceptors (Lipinski definition) is 2. The van der Waals surface area contributed by atoms with Crippen molar-refractivity contribution in [3.63, 3.8) is 0 Å². The first kappa shape index (κ1) is 13.9. The van der Waals surface area contributed by atoms with Crippen LogP contribution >= 0.6 is 31.9 Å². The van der Waals surface area contributed by atoms with Crippen LogP contribution in [0.2, 0.25) is 0 Å². The van der Waals surface area contributed by atoms with E-state index in [9.17, 15) is 5.11 Å². The molecule has 1 N–H and O–H groups in total. The zero-order chi connectivity index (χ0) is 15.3. The molecule has 0 atom stereocenters. The number of phenols is 1. The van der Waals surface area contributed by atoms with Gasteiger partial charge in [0.1, 0.15) is 16.9 Å². The van der Waals surface area contributed by atoms with Crippen LogP contribution < -0.4 is 0 Å². The summed E-state index contributed by atoms with van der Waals surface area (Å²) in [6.45, 7) is 0. The van der Waals surface area contributed by atoms with E-state index in [-0.39, 0.29) is 5.75 Å². The molecule has 4 heteroatoms. The number of aromatic hydroxyl groups is 1. The number of hydrogen-bond donors (Lipinski definition) is 1. The topological polar surface area (TPSA) is 33.4 Å². The van der Waals surface area contributed by atoms with Crippen molar-refractivity contribution in [1.29, 1.82) is 0 Å². The third-order valence-electron chi connectivity index (χ3n) is 3.73. The van der Waals surface area contributed by atoms with Gasteiger partial charge in [0.05, 0.1) is 8.95 Å². The van der Waals surface area contributed by atoms with Crippen LogP contribution in [0.1, 0.15) is 0 Å². The highest BCUT2D eigenvalue weighted by Crippen LogP contribution is 2.41. The lowest BCUT2D eigenvalue weighted by molar-refractivity contribution is 0.468. The van der Waals surface area contributed by atoms with Crippen molar-refractivity contribution in [2.75, 3.05) is 0 Å². The minimum Gasteiger partial charge on any atom is -0.506 e. The average molecular weight is 418 g/mol. The van der Waals surface area contributed by atoms with Gasteiger partial charge in [0.25, 0.3) is 0 Å². The molecule has 0 aliphatic heterocycles. The molecule has 4 aromatic rings. The lowest BCUT2D eigenvalue weighted by Crippen LogP contribution is -1.82. The Bertz CT molecular complexity index is 995. The van der Waals surface area contributed by atoms with E-state index >= 15 is 0 Å². The number of benzene rings is 3. The van der Waals surface area contributed by atoms with Crippen molar-refractivity contribution < 1.29 is 9.52 Å². The standard InChI is InChI=1S/C18H10Br2O2/c19-13-8-10(9-14(20)18(13)21)11-5-3-7-16-17(11)12-4-1-2-6-15(12)22-16/h1-9,21H. The molecule has 108 valence electrons. The van der Waals surface area contributed by atoms with Crippen molar-refractivity contribution in [3.8, 4) is 16.9 Å². The Hall–Kier alpha value is -1.78. The van der Waals surface area contributed by atoms with Crippen LogP contribution in [-0.4, -0.2) is 5.11 Å². The summed E-state index contributed by atoms with van der Waals surface area (Å²) in [6.07, 6.45) is 0. The SMILES string of the molecule is Oc1c(Br)cc(-c2cccc3oc4ccccc4c23)cc1Br. The fourth-order valence-electron chi connectivity index (χ4n) is 2.74. The molecule has 0 bridgehead atoms. The van der Waals surface area contributed by atoms with E-state index in [0.29, 0.717) is 8.95 Å². The molecule has 0 amide bonds. The van der Waals surface area contributed by atoms with Crippen molar-refractivity contribution in [1.82, 2.24) is 0 Å². The number of fused-ring (bicyclic) bond motifs is 3. The summed E-state index contributed by atoms with van der Waals surface area (Å²) >= 11 is 6.79. The monoisotopic (exact) mass is 416 g/mol. The summed E-state index contributed by atoms with van der Waals surface area (Å²) in [5.41, 5.74) is 3.82. The summed E-state index contributed by atoms with van der Waals surface area (Å²) in [6, 6.07) is 17.9. The van der Waals surface area contributed by atoms with E-state index in [0.717, 1.165) is 33.1 Å². The molecule has 0 aliphatic carbocycles. The van der Waals surface area contributed by atoms with E-state index in [4.69, 9.17) is 4.42 Å². The quantitative estimate of drug-likeness (QED) is 0.384. The van der Waals surface area contributed by atoms with Gasteiger partial charge in [-0.2, -0.15) is 0 Å². The molecule has 0 aliphatic rings. The number of halogens is 2. The summed E-state index contributed by atoms with van der Waals surface area (Å²) in [7, 11) is 0. The first-order valence-electron chi connectivity index (χ1n) is 6.74. The minimum absolute atomic E-state index is 0.202. The van der Waals surface area contributed by atoms with E-state index in [1.807, 2.05) is 42.5 Å². The highest BCUT2D eigenvalue weighted by Gasteiger charge is 2.14. The molecular weight excluding hydrogens is 408 g/mol. The molecule has 2 nitrogen and oxygen atoms in total. The summed E-state index contributed by atoms with van der Waals surface area (Å²) in [4.78, 5) is 0. The van der Waals surface area contributed by atoms with Gasteiger partial charge in [0.15, 0.2) is 0 Å². The molecule has 0 radical (unpaired) electrons. The number of phenolic OH excluding ortho intramolecular Hbond substituents is 1. The van der Waals surface area contributed by atoms with Gasteiger partial charge < -0.3 is 9.52 Å². The third-order valence-corrected chi connectivity index (χ3v) is 4.94. The van der Waals surface area contributed by atoms with Crippen molar-refractivity contribution in [3.05, 3.63) is 63.5 Å². The van der Waals surface area contributed by atoms with E-state index in [2.05, 4.69) is 44.0 Å². The number of rotatable bonds is 1. The predicted molar refractivity (Wildman–Crippen MR) is 96.2 cm³/mol.